The van der Waals surface area contributed by atoms with Gasteiger partial charge in [0.1, 0.15) is 0 Å². The number of rotatable bonds is 9. The maximum atomic E-state index is 12.4. The maximum absolute atomic E-state index is 12.4. The molecule has 10 heteroatoms. The number of ether oxygens (including phenoxy) is 3. The normalized spacial score (nSPS) is 10.4. The number of para-hydroxylation sites is 1. The van der Waals surface area contributed by atoms with Gasteiger partial charge in [0, 0.05) is 0 Å². The number of methoxy groups -OCH3 is 1. The fourth-order valence-corrected chi connectivity index (χ4v) is 3.10. The fraction of sp³-hybridized carbons (Fsp3) is 0.217. The molecule has 3 N–H and O–H groups in total. The van der Waals surface area contributed by atoms with Gasteiger partial charge in [-0.1, -0.05) is 18.2 Å². The van der Waals surface area contributed by atoms with Crippen LogP contribution in [0.2, 0.25) is 0 Å². The molecule has 0 aliphatic rings. The molecule has 2 amide bonds. The summed E-state index contributed by atoms with van der Waals surface area (Å²) in [5, 5.41) is 7.22. The second-order valence-electron chi connectivity index (χ2n) is 7.04. The van der Waals surface area contributed by atoms with Crippen molar-refractivity contribution >= 4 is 23.5 Å². The lowest BCUT2D eigenvalue weighted by Crippen LogP contribution is -2.22. The van der Waals surface area contributed by atoms with E-state index in [9.17, 15) is 14.4 Å². The first-order chi connectivity index (χ1) is 15.8. The van der Waals surface area contributed by atoms with Crippen LogP contribution in [0.3, 0.4) is 0 Å². The van der Waals surface area contributed by atoms with Crippen LogP contribution in [0, 0.1) is 13.8 Å². The molecule has 0 radical (unpaired) electrons. The molecule has 0 saturated carbocycles. The monoisotopic (exact) mass is 452 g/mol. The number of amides is 2. The van der Waals surface area contributed by atoms with E-state index in [0.717, 1.165) is 11.4 Å². The summed E-state index contributed by atoms with van der Waals surface area (Å²) in [4.78, 5) is 35.7. The summed E-state index contributed by atoms with van der Waals surface area (Å²) < 4.78 is 17.2. The van der Waals surface area contributed by atoms with E-state index in [1.165, 1.54) is 25.3 Å². The number of aryl methyl sites for hydroxylation is 1. The lowest BCUT2D eigenvalue weighted by atomic mass is 10.2. The highest BCUT2D eigenvalue weighted by molar-refractivity contribution is 5.96. The molecule has 0 bridgehead atoms. The first-order valence-corrected chi connectivity index (χ1v) is 9.98. The topological polar surface area (TPSA) is 135 Å². The third-order valence-corrected chi connectivity index (χ3v) is 4.66. The van der Waals surface area contributed by atoms with Gasteiger partial charge in [-0.05, 0) is 44.2 Å². The van der Waals surface area contributed by atoms with Crippen molar-refractivity contribution in [2.45, 2.75) is 13.8 Å². The number of hydrogen-bond acceptors (Lipinski definition) is 7. The highest BCUT2D eigenvalue weighted by atomic mass is 16.5. The van der Waals surface area contributed by atoms with Gasteiger partial charge >= 0.3 is 5.97 Å². The molecule has 2 aromatic carbocycles. The summed E-state index contributed by atoms with van der Waals surface area (Å²) in [7, 11) is 1.38. The van der Waals surface area contributed by atoms with Crippen LogP contribution in [0.4, 0.5) is 5.69 Å². The molecule has 1 aromatic heterocycles. The smallest absolute Gasteiger partial charge is 0.338 e. The summed E-state index contributed by atoms with van der Waals surface area (Å²) in [6.45, 7) is 2.79. The molecule has 0 spiro atoms. The number of primary amides is 1. The molecule has 0 aliphatic carbocycles. The van der Waals surface area contributed by atoms with E-state index in [0.29, 0.717) is 11.4 Å². The predicted octanol–water partition coefficient (Wildman–Crippen LogP) is 2.16. The SMILES string of the molecule is COc1cc(C(=O)OCC(=O)Nc2c(C)nn(-c3ccccc3)c2C)ccc1OCC(N)=O. The van der Waals surface area contributed by atoms with Gasteiger partial charge < -0.3 is 25.3 Å². The average Bonchev–Trinajstić information content (AvgIpc) is 3.09. The molecule has 0 unspecified atom stereocenters. The van der Waals surface area contributed by atoms with Gasteiger partial charge in [0.2, 0.25) is 0 Å². The van der Waals surface area contributed by atoms with Gasteiger partial charge in [0.15, 0.2) is 24.7 Å². The highest BCUT2D eigenvalue weighted by Gasteiger charge is 2.18. The maximum Gasteiger partial charge on any atom is 0.338 e. The second-order valence-corrected chi connectivity index (χ2v) is 7.04. The number of benzene rings is 2. The Hall–Kier alpha value is -4.34. The summed E-state index contributed by atoms with van der Waals surface area (Å²) in [5.74, 6) is -1.41. The molecule has 33 heavy (non-hydrogen) atoms. The lowest BCUT2D eigenvalue weighted by molar-refractivity contribution is -0.120. The van der Waals surface area contributed by atoms with E-state index in [1.54, 1.807) is 11.6 Å². The number of aromatic nitrogens is 2. The van der Waals surface area contributed by atoms with Crippen molar-refractivity contribution in [2.75, 3.05) is 25.6 Å². The van der Waals surface area contributed by atoms with Crippen molar-refractivity contribution in [2.24, 2.45) is 5.73 Å². The Morgan fingerprint density at radius 3 is 2.42 bits per heavy atom. The van der Waals surface area contributed by atoms with Crippen molar-refractivity contribution < 1.29 is 28.6 Å². The van der Waals surface area contributed by atoms with Crippen LogP contribution in [0.25, 0.3) is 5.69 Å². The highest BCUT2D eigenvalue weighted by Crippen LogP contribution is 2.28. The van der Waals surface area contributed by atoms with Gasteiger partial charge in [-0.3, -0.25) is 9.59 Å². The summed E-state index contributed by atoms with van der Waals surface area (Å²) in [6, 6.07) is 13.8. The Kier molecular flexibility index (Phi) is 7.29. The molecular weight excluding hydrogens is 428 g/mol. The first-order valence-electron chi connectivity index (χ1n) is 9.98. The summed E-state index contributed by atoms with van der Waals surface area (Å²) >= 11 is 0. The third kappa shape index (κ3) is 5.67. The van der Waals surface area contributed by atoms with Crippen LogP contribution in [-0.4, -0.2) is 47.9 Å². The largest absolute Gasteiger partial charge is 0.493 e. The molecule has 0 atom stereocenters. The standard InChI is InChI=1S/C23H24N4O6/c1-14-22(15(2)27(26-14)17-7-5-4-6-8-17)25-21(29)13-33-23(30)16-9-10-18(19(11-16)31-3)32-12-20(24)28/h4-11H,12-13H2,1-3H3,(H2,24,28)(H,25,29). The Morgan fingerprint density at radius 2 is 1.76 bits per heavy atom. The zero-order valence-corrected chi connectivity index (χ0v) is 18.5. The summed E-state index contributed by atoms with van der Waals surface area (Å²) in [6.07, 6.45) is 0. The Balaban J connectivity index is 1.63. The Morgan fingerprint density at radius 1 is 1.03 bits per heavy atom. The van der Waals surface area contributed by atoms with Gasteiger partial charge in [-0.25, -0.2) is 9.48 Å². The molecular formula is C23H24N4O6. The van der Waals surface area contributed by atoms with Crippen LogP contribution < -0.4 is 20.5 Å². The van der Waals surface area contributed by atoms with E-state index in [4.69, 9.17) is 19.9 Å². The quantitative estimate of drug-likeness (QED) is 0.475. The summed E-state index contributed by atoms with van der Waals surface area (Å²) in [5.41, 5.74) is 8.00. The number of nitrogens with two attached hydrogens (primary N) is 1. The van der Waals surface area contributed by atoms with Gasteiger partial charge in [0.05, 0.1) is 35.4 Å². The van der Waals surface area contributed by atoms with Crippen molar-refractivity contribution in [1.82, 2.24) is 9.78 Å². The molecule has 0 saturated heterocycles. The zero-order chi connectivity index (χ0) is 24.0. The molecule has 3 rings (SSSR count). The van der Waals surface area contributed by atoms with Crippen LogP contribution in [-0.2, 0) is 14.3 Å². The Bertz CT molecular complexity index is 1170. The number of nitrogens with one attached hydrogen (secondary N) is 1. The number of carbonyl (C=O) groups excluding carboxylic acids is 3. The number of carbonyl (C=O) groups is 3. The third-order valence-electron chi connectivity index (χ3n) is 4.66. The Labute approximate surface area is 190 Å². The lowest BCUT2D eigenvalue weighted by Gasteiger charge is -2.11. The van der Waals surface area contributed by atoms with Crippen LogP contribution in [0.5, 0.6) is 11.5 Å². The molecule has 1 heterocycles. The zero-order valence-electron chi connectivity index (χ0n) is 18.5. The molecule has 172 valence electrons. The van der Waals surface area contributed by atoms with Gasteiger partial charge in [-0.2, -0.15) is 5.10 Å². The van der Waals surface area contributed by atoms with E-state index in [-0.39, 0.29) is 23.7 Å². The van der Waals surface area contributed by atoms with Crippen molar-refractivity contribution in [1.29, 1.82) is 0 Å². The van der Waals surface area contributed by atoms with E-state index in [2.05, 4.69) is 10.4 Å². The number of esters is 1. The molecule has 10 nitrogen and oxygen atoms in total. The van der Waals surface area contributed by atoms with Crippen molar-refractivity contribution in [3.8, 4) is 17.2 Å². The average molecular weight is 452 g/mol. The minimum Gasteiger partial charge on any atom is -0.493 e. The van der Waals surface area contributed by atoms with Crippen LogP contribution in [0.1, 0.15) is 21.7 Å². The van der Waals surface area contributed by atoms with Crippen molar-refractivity contribution in [3.63, 3.8) is 0 Å². The first kappa shape index (κ1) is 23.3. The molecule has 0 fully saturated rings. The van der Waals surface area contributed by atoms with Crippen LogP contribution in [0.15, 0.2) is 48.5 Å². The second kappa shape index (κ2) is 10.3. The molecule has 0 aliphatic heterocycles. The fourth-order valence-electron chi connectivity index (χ4n) is 3.10. The minimum absolute atomic E-state index is 0.148. The van der Waals surface area contributed by atoms with E-state index < -0.39 is 24.4 Å². The number of anilines is 1. The van der Waals surface area contributed by atoms with Gasteiger partial charge in [-0.15, -0.1) is 0 Å². The minimum atomic E-state index is -0.724. The number of nitrogens with zero attached hydrogens (tertiary/aromatic N) is 2. The molecule has 3 aromatic rings. The predicted molar refractivity (Wildman–Crippen MR) is 120 cm³/mol. The van der Waals surface area contributed by atoms with E-state index in [1.807, 2.05) is 37.3 Å². The van der Waals surface area contributed by atoms with E-state index >= 15 is 0 Å². The van der Waals surface area contributed by atoms with Crippen LogP contribution >= 0.6 is 0 Å². The number of hydrogen-bond donors (Lipinski definition) is 2. The van der Waals surface area contributed by atoms with Crippen molar-refractivity contribution in [3.05, 3.63) is 65.5 Å². The van der Waals surface area contributed by atoms with Gasteiger partial charge in [0.25, 0.3) is 11.8 Å².